The summed E-state index contributed by atoms with van der Waals surface area (Å²) in [4.78, 5) is 23.9. The van der Waals surface area contributed by atoms with E-state index in [9.17, 15) is 14.7 Å². The van der Waals surface area contributed by atoms with Gasteiger partial charge in [-0.15, -0.1) is 0 Å². The number of carbonyl (C=O) groups is 2. The van der Waals surface area contributed by atoms with Crippen molar-refractivity contribution in [2.75, 3.05) is 7.11 Å². The van der Waals surface area contributed by atoms with Gasteiger partial charge in [0.2, 0.25) is 0 Å². The fraction of sp³-hybridized carbons (Fsp3) is 0.500. The minimum atomic E-state index is -0.492. The predicted octanol–water partition coefficient (Wildman–Crippen LogP) is 1.81. The van der Waals surface area contributed by atoms with Gasteiger partial charge in [0.1, 0.15) is 0 Å². The maximum atomic E-state index is 12.3. The van der Waals surface area contributed by atoms with Crippen molar-refractivity contribution in [3.8, 4) is 0 Å². The van der Waals surface area contributed by atoms with E-state index in [2.05, 4.69) is 5.32 Å². The summed E-state index contributed by atoms with van der Waals surface area (Å²) in [6.45, 7) is 1.79. The van der Waals surface area contributed by atoms with Crippen molar-refractivity contribution in [3.05, 3.63) is 34.9 Å². The van der Waals surface area contributed by atoms with E-state index in [1.165, 1.54) is 13.2 Å². The molecule has 21 heavy (non-hydrogen) atoms. The van der Waals surface area contributed by atoms with Crippen molar-refractivity contribution in [3.63, 3.8) is 0 Å². The van der Waals surface area contributed by atoms with E-state index in [1.807, 2.05) is 0 Å². The zero-order valence-electron chi connectivity index (χ0n) is 12.4. The van der Waals surface area contributed by atoms with Crippen LogP contribution in [-0.2, 0) is 4.74 Å². The molecule has 0 aromatic heterocycles. The highest BCUT2D eigenvalue weighted by Crippen LogP contribution is 2.19. The Bertz CT molecular complexity index is 541. The van der Waals surface area contributed by atoms with Crippen LogP contribution in [0, 0.1) is 6.92 Å². The first-order valence-corrected chi connectivity index (χ1v) is 7.21. The van der Waals surface area contributed by atoms with Crippen molar-refractivity contribution in [2.45, 2.75) is 44.8 Å². The summed E-state index contributed by atoms with van der Waals surface area (Å²) in [6.07, 6.45) is 3.00. The molecule has 0 unspecified atom stereocenters. The lowest BCUT2D eigenvalue weighted by atomic mass is 9.92. The lowest BCUT2D eigenvalue weighted by Gasteiger charge is -2.28. The molecule has 1 aromatic carbocycles. The number of carbonyl (C=O) groups excluding carboxylic acids is 2. The molecular formula is C16H21NO4. The SMILES string of the molecule is COC(=O)c1cc(C(=O)N[C@H]2CCCC[C@@H]2O)ccc1C. The maximum Gasteiger partial charge on any atom is 0.338 e. The molecule has 2 rings (SSSR count). The maximum absolute atomic E-state index is 12.3. The van der Waals surface area contributed by atoms with Gasteiger partial charge in [-0.05, 0) is 37.5 Å². The van der Waals surface area contributed by atoms with Gasteiger partial charge in [0.15, 0.2) is 0 Å². The van der Waals surface area contributed by atoms with E-state index < -0.39 is 12.1 Å². The van der Waals surface area contributed by atoms with Crippen LogP contribution in [-0.4, -0.2) is 36.2 Å². The number of esters is 1. The second-order valence-electron chi connectivity index (χ2n) is 5.45. The summed E-state index contributed by atoms with van der Waals surface area (Å²) in [5, 5.41) is 12.7. The van der Waals surface area contributed by atoms with Crippen molar-refractivity contribution in [1.82, 2.24) is 5.32 Å². The lowest BCUT2D eigenvalue weighted by Crippen LogP contribution is -2.45. The smallest absolute Gasteiger partial charge is 0.338 e. The Morgan fingerprint density at radius 3 is 2.67 bits per heavy atom. The third-order valence-electron chi connectivity index (χ3n) is 3.95. The van der Waals surface area contributed by atoms with Crippen LogP contribution in [0.25, 0.3) is 0 Å². The van der Waals surface area contributed by atoms with Crippen LogP contribution in [0.4, 0.5) is 0 Å². The third-order valence-corrected chi connectivity index (χ3v) is 3.95. The predicted molar refractivity (Wildman–Crippen MR) is 78.2 cm³/mol. The van der Waals surface area contributed by atoms with E-state index in [0.717, 1.165) is 24.8 Å². The molecule has 114 valence electrons. The summed E-state index contributed by atoms with van der Waals surface area (Å²) in [7, 11) is 1.31. The molecule has 5 nitrogen and oxygen atoms in total. The molecule has 1 aliphatic rings. The number of nitrogens with one attached hydrogen (secondary N) is 1. The zero-order valence-corrected chi connectivity index (χ0v) is 12.4. The van der Waals surface area contributed by atoms with Crippen LogP contribution in [0.2, 0.25) is 0 Å². The standard InChI is InChI=1S/C16H21NO4/c1-10-7-8-11(9-12(10)16(20)21-2)15(19)17-13-5-3-4-6-14(13)18/h7-9,13-14,18H,3-6H2,1-2H3,(H,17,19)/t13-,14-/m0/s1. The molecule has 0 saturated heterocycles. The van der Waals surface area contributed by atoms with Crippen LogP contribution in [0.5, 0.6) is 0 Å². The van der Waals surface area contributed by atoms with Gasteiger partial charge in [-0.1, -0.05) is 18.9 Å². The number of amides is 1. The van der Waals surface area contributed by atoms with E-state index in [4.69, 9.17) is 4.74 Å². The first-order valence-electron chi connectivity index (χ1n) is 7.21. The number of hydrogen-bond donors (Lipinski definition) is 2. The normalized spacial score (nSPS) is 21.7. The topological polar surface area (TPSA) is 75.6 Å². The molecule has 1 aliphatic carbocycles. The monoisotopic (exact) mass is 291 g/mol. The molecule has 0 spiro atoms. The highest BCUT2D eigenvalue weighted by Gasteiger charge is 2.25. The molecule has 5 heteroatoms. The van der Waals surface area contributed by atoms with Crippen LogP contribution >= 0.6 is 0 Å². The minimum absolute atomic E-state index is 0.214. The van der Waals surface area contributed by atoms with Crippen LogP contribution in [0.1, 0.15) is 52.0 Å². The van der Waals surface area contributed by atoms with Gasteiger partial charge in [-0.2, -0.15) is 0 Å². The fourth-order valence-electron chi connectivity index (χ4n) is 2.62. The second kappa shape index (κ2) is 6.72. The van der Waals surface area contributed by atoms with Gasteiger partial charge in [-0.25, -0.2) is 4.79 Å². The number of aliphatic hydroxyl groups excluding tert-OH is 1. The van der Waals surface area contributed by atoms with Gasteiger partial charge < -0.3 is 15.2 Å². The molecule has 1 saturated carbocycles. The van der Waals surface area contributed by atoms with Crippen LogP contribution in [0.15, 0.2) is 18.2 Å². The Hall–Kier alpha value is -1.88. The average Bonchev–Trinajstić information content (AvgIpc) is 2.49. The molecule has 1 fully saturated rings. The number of ether oxygens (including phenoxy) is 1. The van der Waals surface area contributed by atoms with E-state index in [0.29, 0.717) is 17.5 Å². The summed E-state index contributed by atoms with van der Waals surface area (Å²) in [6, 6.07) is 4.71. The quantitative estimate of drug-likeness (QED) is 0.833. The molecule has 1 amide bonds. The van der Waals surface area contributed by atoms with E-state index in [1.54, 1.807) is 19.1 Å². The van der Waals surface area contributed by atoms with Crippen molar-refractivity contribution in [1.29, 1.82) is 0 Å². The molecule has 2 atom stereocenters. The highest BCUT2D eigenvalue weighted by atomic mass is 16.5. The fourth-order valence-corrected chi connectivity index (χ4v) is 2.62. The Morgan fingerprint density at radius 2 is 2.00 bits per heavy atom. The minimum Gasteiger partial charge on any atom is -0.465 e. The van der Waals surface area contributed by atoms with E-state index in [-0.39, 0.29) is 11.9 Å². The Morgan fingerprint density at radius 1 is 1.29 bits per heavy atom. The molecular weight excluding hydrogens is 270 g/mol. The van der Waals surface area contributed by atoms with Crippen LogP contribution in [0.3, 0.4) is 0 Å². The number of rotatable bonds is 3. The third kappa shape index (κ3) is 3.61. The average molecular weight is 291 g/mol. The number of benzene rings is 1. The van der Waals surface area contributed by atoms with Crippen molar-refractivity contribution < 1.29 is 19.4 Å². The summed E-state index contributed by atoms with van der Waals surface area (Å²) < 4.78 is 4.71. The summed E-state index contributed by atoms with van der Waals surface area (Å²) in [5.74, 6) is -0.731. The summed E-state index contributed by atoms with van der Waals surface area (Å²) in [5.41, 5.74) is 1.55. The number of aryl methyl sites for hydroxylation is 1. The summed E-state index contributed by atoms with van der Waals surface area (Å²) >= 11 is 0. The van der Waals surface area contributed by atoms with E-state index >= 15 is 0 Å². The first kappa shape index (κ1) is 15.5. The van der Waals surface area contributed by atoms with Crippen LogP contribution < -0.4 is 5.32 Å². The molecule has 0 heterocycles. The van der Waals surface area contributed by atoms with Gasteiger partial charge in [0.05, 0.1) is 24.8 Å². The van der Waals surface area contributed by atoms with Gasteiger partial charge in [0.25, 0.3) is 5.91 Å². The highest BCUT2D eigenvalue weighted by molar-refractivity contribution is 5.98. The lowest BCUT2D eigenvalue weighted by molar-refractivity contribution is 0.0599. The van der Waals surface area contributed by atoms with Gasteiger partial charge >= 0.3 is 5.97 Å². The van der Waals surface area contributed by atoms with Gasteiger partial charge in [0, 0.05) is 5.56 Å². The largest absolute Gasteiger partial charge is 0.465 e. The number of hydrogen-bond acceptors (Lipinski definition) is 4. The molecule has 1 aromatic rings. The Labute approximate surface area is 124 Å². The number of methoxy groups -OCH3 is 1. The van der Waals surface area contributed by atoms with Crippen molar-refractivity contribution >= 4 is 11.9 Å². The molecule has 0 aliphatic heterocycles. The number of aliphatic hydroxyl groups is 1. The Kier molecular flexibility index (Phi) is 4.96. The Balaban J connectivity index is 2.13. The molecule has 2 N–H and O–H groups in total. The second-order valence-corrected chi connectivity index (χ2v) is 5.45. The van der Waals surface area contributed by atoms with Gasteiger partial charge in [-0.3, -0.25) is 4.79 Å². The first-order chi connectivity index (χ1) is 10.0. The van der Waals surface area contributed by atoms with Crippen molar-refractivity contribution in [2.24, 2.45) is 0 Å². The zero-order chi connectivity index (χ0) is 15.4. The molecule has 0 radical (unpaired) electrons. The molecule has 0 bridgehead atoms.